The summed E-state index contributed by atoms with van der Waals surface area (Å²) in [4.78, 5) is 22.5. The molecule has 2 rings (SSSR count). The molecule has 15 heavy (non-hydrogen) atoms. The molecule has 0 saturated heterocycles. The van der Waals surface area contributed by atoms with Crippen molar-refractivity contribution in [2.24, 2.45) is 0 Å². The number of anilines is 1. The van der Waals surface area contributed by atoms with Gasteiger partial charge in [0.05, 0.1) is 0 Å². The molecule has 0 aliphatic carbocycles. The molecule has 1 atom stereocenters. The van der Waals surface area contributed by atoms with Gasteiger partial charge >= 0.3 is 0 Å². The fraction of sp³-hybridized carbons (Fsp3) is 0.273. The Labute approximate surface area is 87.7 Å². The molecule has 0 bridgehead atoms. The van der Waals surface area contributed by atoms with Gasteiger partial charge in [0.2, 0.25) is 5.91 Å². The second-order valence-corrected chi connectivity index (χ2v) is 3.66. The smallest absolute Gasteiger partial charge is 0.251 e. The van der Waals surface area contributed by atoms with Gasteiger partial charge in [-0.05, 0) is 12.5 Å². The number of carbonyl (C=O) groups excluding carboxylic acids is 2. The number of benzene rings is 1. The van der Waals surface area contributed by atoms with Gasteiger partial charge in [-0.25, -0.2) is 0 Å². The molecule has 1 aromatic carbocycles. The van der Waals surface area contributed by atoms with Crippen molar-refractivity contribution in [1.29, 1.82) is 0 Å². The van der Waals surface area contributed by atoms with Crippen LogP contribution in [0, 0.1) is 6.92 Å². The largest absolute Gasteiger partial charge is 0.341 e. The topological polar surface area (TPSA) is 58.2 Å². The maximum Gasteiger partial charge on any atom is 0.251 e. The number of hydrogen-bond donors (Lipinski definition) is 2. The molecule has 0 spiro atoms. The van der Waals surface area contributed by atoms with Crippen LogP contribution in [0.1, 0.15) is 24.1 Å². The van der Waals surface area contributed by atoms with Gasteiger partial charge in [-0.1, -0.05) is 18.2 Å². The Balaban J connectivity index is 2.41. The Kier molecular flexibility index (Phi) is 2.19. The minimum atomic E-state index is -0.544. The summed E-state index contributed by atoms with van der Waals surface area (Å²) in [6, 6.07) is 5.11. The van der Waals surface area contributed by atoms with Crippen molar-refractivity contribution in [2.75, 3.05) is 5.32 Å². The number of carbonyl (C=O) groups is 2. The van der Waals surface area contributed by atoms with Crippen LogP contribution in [0.5, 0.6) is 0 Å². The fourth-order valence-electron chi connectivity index (χ4n) is 1.78. The first-order valence-corrected chi connectivity index (χ1v) is 4.77. The highest BCUT2D eigenvalue weighted by molar-refractivity contribution is 6.04. The predicted octanol–water partition coefficient (Wildman–Crippen LogP) is 1.12. The Bertz CT molecular complexity index is 440. The average molecular weight is 204 g/mol. The molecule has 1 aromatic rings. The van der Waals surface area contributed by atoms with Crippen molar-refractivity contribution in [1.82, 2.24) is 5.32 Å². The van der Waals surface area contributed by atoms with Crippen LogP contribution in [0.3, 0.4) is 0 Å². The van der Waals surface area contributed by atoms with E-state index in [0.717, 1.165) is 16.8 Å². The minimum absolute atomic E-state index is 0.172. The zero-order valence-electron chi connectivity index (χ0n) is 8.63. The molecular weight excluding hydrogens is 192 g/mol. The van der Waals surface area contributed by atoms with E-state index in [-0.39, 0.29) is 11.8 Å². The first-order valence-electron chi connectivity index (χ1n) is 4.77. The lowest BCUT2D eigenvalue weighted by atomic mass is 10.1. The van der Waals surface area contributed by atoms with E-state index in [9.17, 15) is 9.59 Å². The van der Waals surface area contributed by atoms with E-state index >= 15 is 0 Å². The lowest BCUT2D eigenvalue weighted by Crippen LogP contribution is -2.30. The average Bonchev–Trinajstić information content (AvgIpc) is 2.45. The Morgan fingerprint density at radius 2 is 2.20 bits per heavy atom. The molecule has 4 nitrogen and oxygen atoms in total. The van der Waals surface area contributed by atoms with E-state index < -0.39 is 6.04 Å². The summed E-state index contributed by atoms with van der Waals surface area (Å²) in [6.07, 6.45) is 0. The highest BCUT2D eigenvalue weighted by Crippen LogP contribution is 2.32. The first-order chi connectivity index (χ1) is 7.09. The maximum absolute atomic E-state index is 11.6. The molecule has 2 N–H and O–H groups in total. The van der Waals surface area contributed by atoms with Crippen LogP contribution in [-0.2, 0) is 9.59 Å². The van der Waals surface area contributed by atoms with E-state index in [0.29, 0.717) is 0 Å². The summed E-state index contributed by atoms with van der Waals surface area (Å²) in [6.45, 7) is 3.33. The molecule has 0 unspecified atom stereocenters. The Morgan fingerprint density at radius 3 is 2.87 bits per heavy atom. The zero-order valence-corrected chi connectivity index (χ0v) is 8.63. The summed E-state index contributed by atoms with van der Waals surface area (Å²) in [5.74, 6) is -0.376. The van der Waals surface area contributed by atoms with Crippen molar-refractivity contribution in [3.63, 3.8) is 0 Å². The van der Waals surface area contributed by atoms with Crippen LogP contribution in [0.4, 0.5) is 5.69 Å². The van der Waals surface area contributed by atoms with Crippen molar-refractivity contribution in [3.05, 3.63) is 29.3 Å². The SMILES string of the molecule is CC(=O)N[C@H]1C(=O)Nc2c(C)cccc21. The molecule has 0 fully saturated rings. The van der Waals surface area contributed by atoms with E-state index in [2.05, 4.69) is 10.6 Å². The number of amides is 2. The molecule has 78 valence electrons. The number of nitrogens with one attached hydrogen (secondary N) is 2. The van der Waals surface area contributed by atoms with E-state index in [4.69, 9.17) is 0 Å². The molecule has 2 amide bonds. The van der Waals surface area contributed by atoms with Crippen LogP contribution in [-0.4, -0.2) is 11.8 Å². The summed E-state index contributed by atoms with van der Waals surface area (Å²) in [7, 11) is 0. The Morgan fingerprint density at radius 1 is 1.47 bits per heavy atom. The lowest BCUT2D eigenvalue weighted by Gasteiger charge is -2.09. The van der Waals surface area contributed by atoms with Gasteiger partial charge in [-0.15, -0.1) is 0 Å². The van der Waals surface area contributed by atoms with Crippen LogP contribution in [0.2, 0.25) is 0 Å². The molecule has 4 heteroatoms. The molecule has 1 heterocycles. The number of para-hydroxylation sites is 1. The van der Waals surface area contributed by atoms with E-state index in [1.165, 1.54) is 6.92 Å². The van der Waals surface area contributed by atoms with E-state index in [1.54, 1.807) is 0 Å². The summed E-state index contributed by atoms with van der Waals surface area (Å²) < 4.78 is 0. The van der Waals surface area contributed by atoms with E-state index in [1.807, 2.05) is 25.1 Å². The second-order valence-electron chi connectivity index (χ2n) is 3.66. The maximum atomic E-state index is 11.6. The van der Waals surface area contributed by atoms with Crippen molar-refractivity contribution in [3.8, 4) is 0 Å². The van der Waals surface area contributed by atoms with Gasteiger partial charge < -0.3 is 10.6 Å². The fourth-order valence-corrected chi connectivity index (χ4v) is 1.78. The third-order valence-corrected chi connectivity index (χ3v) is 2.47. The van der Waals surface area contributed by atoms with Gasteiger partial charge in [-0.2, -0.15) is 0 Å². The monoisotopic (exact) mass is 204 g/mol. The molecule has 0 aromatic heterocycles. The highest BCUT2D eigenvalue weighted by atomic mass is 16.2. The first kappa shape index (κ1) is 9.71. The van der Waals surface area contributed by atoms with Gasteiger partial charge in [-0.3, -0.25) is 9.59 Å². The number of rotatable bonds is 1. The van der Waals surface area contributed by atoms with Gasteiger partial charge in [0.1, 0.15) is 6.04 Å². The summed E-state index contributed by atoms with van der Waals surface area (Å²) in [5, 5.41) is 5.39. The number of hydrogen-bond acceptors (Lipinski definition) is 2. The molecule has 0 saturated carbocycles. The van der Waals surface area contributed by atoms with Crippen molar-refractivity contribution < 1.29 is 9.59 Å². The van der Waals surface area contributed by atoms with Crippen LogP contribution in [0.15, 0.2) is 18.2 Å². The normalized spacial score (nSPS) is 18.3. The van der Waals surface area contributed by atoms with Gasteiger partial charge in [0, 0.05) is 18.2 Å². The highest BCUT2D eigenvalue weighted by Gasteiger charge is 2.31. The van der Waals surface area contributed by atoms with Crippen molar-refractivity contribution >= 4 is 17.5 Å². The van der Waals surface area contributed by atoms with Gasteiger partial charge in [0.15, 0.2) is 0 Å². The summed E-state index contributed by atoms with van der Waals surface area (Å²) in [5.41, 5.74) is 2.67. The molecule has 1 aliphatic heterocycles. The minimum Gasteiger partial charge on any atom is -0.341 e. The molecule has 1 aliphatic rings. The zero-order chi connectivity index (χ0) is 11.0. The second kappa shape index (κ2) is 3.38. The van der Waals surface area contributed by atoms with Crippen LogP contribution < -0.4 is 10.6 Å². The lowest BCUT2D eigenvalue weighted by molar-refractivity contribution is -0.124. The number of aryl methyl sites for hydroxylation is 1. The third kappa shape index (κ3) is 1.58. The standard InChI is InChI=1S/C11H12N2O2/c1-6-4-3-5-8-9(6)13-11(15)10(8)12-7(2)14/h3-5,10H,1-2H3,(H,12,14)(H,13,15)/t10-/m1/s1. The van der Waals surface area contributed by atoms with Crippen LogP contribution >= 0.6 is 0 Å². The quantitative estimate of drug-likeness (QED) is 0.720. The predicted molar refractivity (Wildman–Crippen MR) is 56.4 cm³/mol. The summed E-state index contributed by atoms with van der Waals surface area (Å²) >= 11 is 0. The molecule has 0 radical (unpaired) electrons. The van der Waals surface area contributed by atoms with Crippen LogP contribution in [0.25, 0.3) is 0 Å². The van der Waals surface area contributed by atoms with Crippen molar-refractivity contribution in [2.45, 2.75) is 19.9 Å². The third-order valence-electron chi connectivity index (χ3n) is 2.47. The number of fused-ring (bicyclic) bond motifs is 1. The molecular formula is C11H12N2O2. The Hall–Kier alpha value is -1.84. The van der Waals surface area contributed by atoms with Gasteiger partial charge in [0.25, 0.3) is 5.91 Å².